The average molecular weight is 1040 g/mol. The lowest BCUT2D eigenvalue weighted by molar-refractivity contribution is -0.270. The van der Waals surface area contributed by atoms with Crippen LogP contribution < -0.4 is 16.0 Å². The van der Waals surface area contributed by atoms with Gasteiger partial charge in [0.25, 0.3) is 0 Å². The van der Waals surface area contributed by atoms with Gasteiger partial charge in [-0.05, 0) is 38.5 Å². The summed E-state index contributed by atoms with van der Waals surface area (Å²) >= 11 is 0. The van der Waals surface area contributed by atoms with E-state index in [4.69, 9.17) is 28.4 Å². The van der Waals surface area contributed by atoms with Gasteiger partial charge >= 0.3 is 0 Å². The molecule has 0 bridgehead atoms. The minimum absolute atomic E-state index is 0.117. The lowest BCUT2D eigenvalue weighted by atomic mass is 9.97. The number of nitrogens with zero attached hydrogens (tertiary/aromatic N) is 9. The Morgan fingerprint density at radius 3 is 1.03 bits per heavy atom. The van der Waals surface area contributed by atoms with Gasteiger partial charge in [-0.25, -0.2) is 0 Å². The van der Waals surface area contributed by atoms with E-state index < -0.39 is 129 Å². The largest absolute Gasteiger partial charge is 0.394 e. The van der Waals surface area contributed by atoms with Crippen molar-refractivity contribution < 1.29 is 88.8 Å². The van der Waals surface area contributed by atoms with Crippen LogP contribution in [0.1, 0.15) is 57.1 Å². The number of aliphatic hydroxyl groups is 9. The van der Waals surface area contributed by atoms with Crippen molar-refractivity contribution in [3.05, 3.63) is 35.7 Å². The Balaban J connectivity index is 1.05. The van der Waals surface area contributed by atoms with Gasteiger partial charge in [-0.3, -0.25) is 28.4 Å². The maximum atomic E-state index is 11.8. The van der Waals surface area contributed by atoms with Crippen LogP contribution >= 0.6 is 0 Å². The van der Waals surface area contributed by atoms with Crippen LogP contribution in [0, 0.1) is 5.92 Å². The second-order valence-electron chi connectivity index (χ2n) is 18.4. The van der Waals surface area contributed by atoms with Gasteiger partial charge in [-0.2, -0.15) is 0 Å². The van der Waals surface area contributed by atoms with Crippen molar-refractivity contribution in [1.82, 2.24) is 60.9 Å². The van der Waals surface area contributed by atoms with Crippen LogP contribution in [0.25, 0.3) is 0 Å². The number of ether oxygens (including phenoxy) is 6. The van der Waals surface area contributed by atoms with Crippen molar-refractivity contribution >= 4 is 17.7 Å². The normalized spacial score (nSPS) is 31.0. The predicted octanol–water partition coefficient (Wildman–Crippen LogP) is -6.84. The molecule has 0 spiro atoms. The highest BCUT2D eigenvalue weighted by Gasteiger charge is 2.47. The first-order chi connectivity index (χ1) is 35.0. The van der Waals surface area contributed by atoms with Gasteiger partial charge < -0.3 is 90.3 Å². The summed E-state index contributed by atoms with van der Waals surface area (Å²) in [6, 6.07) is -3.21. The number of carbonyl (C=O) groups is 3. The zero-order valence-corrected chi connectivity index (χ0v) is 40.8. The molecule has 3 aliphatic rings. The fraction of sp³-hybridized carbons (Fsp3) is 0.791. The van der Waals surface area contributed by atoms with Crippen LogP contribution in [0.15, 0.2) is 18.6 Å². The third kappa shape index (κ3) is 16.1. The van der Waals surface area contributed by atoms with E-state index in [1.807, 2.05) is 0 Å². The molecule has 12 N–H and O–H groups in total. The highest BCUT2D eigenvalue weighted by Crippen LogP contribution is 2.25. The van der Waals surface area contributed by atoms with Crippen molar-refractivity contribution in [1.29, 1.82) is 0 Å². The number of hydrogen-bond acceptors (Lipinski definition) is 24. The van der Waals surface area contributed by atoms with Crippen LogP contribution in [-0.2, 0) is 81.7 Å². The average Bonchev–Trinajstić information content (AvgIpc) is 4.13. The minimum atomic E-state index is -1.44. The van der Waals surface area contributed by atoms with E-state index in [1.54, 1.807) is 32.6 Å². The molecule has 30 nitrogen and oxygen atoms in total. The number of hydrogen-bond donors (Lipinski definition) is 12. The number of nitrogens with one attached hydrogen (secondary N) is 3. The van der Waals surface area contributed by atoms with Crippen molar-refractivity contribution in [3.8, 4) is 0 Å². The molecular formula is C43H70N12O18. The summed E-state index contributed by atoms with van der Waals surface area (Å²) in [7, 11) is 0. The van der Waals surface area contributed by atoms with Gasteiger partial charge in [0.1, 0.15) is 73.1 Å². The molecule has 0 radical (unpaired) electrons. The van der Waals surface area contributed by atoms with Gasteiger partial charge in [0, 0.05) is 64.9 Å². The molecule has 3 aliphatic heterocycles. The second-order valence-corrected chi connectivity index (χ2v) is 18.4. The van der Waals surface area contributed by atoms with Gasteiger partial charge in [0.2, 0.25) is 17.7 Å². The Labute approximate surface area is 418 Å². The summed E-state index contributed by atoms with van der Waals surface area (Å²) in [5, 5.41) is 125. The Hall–Kier alpha value is -4.77. The molecule has 6 rings (SSSR count). The summed E-state index contributed by atoms with van der Waals surface area (Å²) < 4.78 is 39.5. The topological polar surface area (TPSA) is 417 Å². The van der Waals surface area contributed by atoms with Crippen LogP contribution in [0.2, 0.25) is 0 Å². The molecule has 30 heteroatoms. The quantitative estimate of drug-likeness (QED) is 0.0316. The van der Waals surface area contributed by atoms with Gasteiger partial charge in [0.05, 0.1) is 56.7 Å². The van der Waals surface area contributed by atoms with Crippen molar-refractivity contribution in [2.24, 2.45) is 5.92 Å². The van der Waals surface area contributed by atoms with E-state index in [0.717, 1.165) is 0 Å². The number of aliphatic hydroxyl groups excluding tert-OH is 9. The summed E-state index contributed by atoms with van der Waals surface area (Å²) in [6.07, 6.45) is -7.40. The molecule has 3 fully saturated rings. The number of amides is 3. The molecule has 3 aromatic rings. The SMILES string of the molecule is CC(=O)NC1C(OCCCc2cn(CC(Cn3cc(CCCOC4OC(CO)C(O)C(O)C4NC(C)=O)nn3)Cn3cc(CCCOC4OC(CO)C(O)C(O)C4NC(C)=O)nn3)nn2)OC(CO)C(O)C1O. The van der Waals surface area contributed by atoms with Crippen molar-refractivity contribution in [2.45, 2.75) is 171 Å². The fourth-order valence-corrected chi connectivity index (χ4v) is 8.79. The first-order valence-corrected chi connectivity index (χ1v) is 24.2. The molecule has 3 amide bonds. The van der Waals surface area contributed by atoms with Crippen molar-refractivity contribution in [2.75, 3.05) is 39.6 Å². The molecular weight excluding hydrogens is 973 g/mol. The van der Waals surface area contributed by atoms with E-state index in [9.17, 15) is 60.3 Å². The lowest BCUT2D eigenvalue weighted by Crippen LogP contribution is -2.64. The fourth-order valence-electron chi connectivity index (χ4n) is 8.79. The molecule has 15 unspecified atom stereocenters. The Bertz CT molecular complexity index is 1940. The van der Waals surface area contributed by atoms with E-state index in [2.05, 4.69) is 46.9 Å². The number of rotatable bonds is 27. The summed E-state index contributed by atoms with van der Waals surface area (Å²) in [5.74, 6) is -1.61. The predicted molar refractivity (Wildman–Crippen MR) is 242 cm³/mol. The standard InChI is InChI=1S/C43H70N12O18/c1-22(59)44-32-38(65)35(62)29(19-56)71-41(32)68-10-4-7-26-16-53(50-47-26)13-25(14-54-17-27(48-51-54)8-5-11-69-42-33(45-23(2)60)39(66)36(63)30(20-57)72-42)15-55-18-28(49-52-55)9-6-12-70-43-34(46-24(3)61)40(67)37(64)31(21-58)73-43/h16-18,25,29-43,56-58,62-67H,4-15,19-21H2,1-3H3,(H,44,59)(H,45,60)(H,46,61). The van der Waals surface area contributed by atoms with E-state index in [0.29, 0.717) is 75.2 Å². The van der Waals surface area contributed by atoms with Crippen LogP contribution in [0.5, 0.6) is 0 Å². The summed E-state index contributed by atoms with van der Waals surface area (Å²) in [4.78, 5) is 35.4. The Morgan fingerprint density at radius 2 is 0.781 bits per heavy atom. The number of aryl methyl sites for hydroxylation is 3. The smallest absolute Gasteiger partial charge is 0.217 e. The van der Waals surface area contributed by atoms with Crippen LogP contribution in [-0.4, -0.2) is 240 Å². The lowest BCUT2D eigenvalue weighted by Gasteiger charge is -2.42. The molecule has 3 aromatic heterocycles. The second kappa shape index (κ2) is 27.7. The van der Waals surface area contributed by atoms with Crippen LogP contribution in [0.3, 0.4) is 0 Å². The van der Waals surface area contributed by atoms with E-state index >= 15 is 0 Å². The molecule has 0 aromatic carbocycles. The van der Waals surface area contributed by atoms with Gasteiger partial charge in [0.15, 0.2) is 18.9 Å². The molecule has 410 valence electrons. The third-order valence-electron chi connectivity index (χ3n) is 12.4. The summed E-state index contributed by atoms with van der Waals surface area (Å²) in [6.45, 7) is 3.46. The minimum Gasteiger partial charge on any atom is -0.394 e. The van der Waals surface area contributed by atoms with E-state index in [1.165, 1.54) is 20.8 Å². The zero-order valence-electron chi connectivity index (χ0n) is 40.8. The number of aromatic nitrogens is 9. The van der Waals surface area contributed by atoms with Crippen molar-refractivity contribution in [3.63, 3.8) is 0 Å². The van der Waals surface area contributed by atoms with Crippen LogP contribution in [0.4, 0.5) is 0 Å². The van der Waals surface area contributed by atoms with Gasteiger partial charge in [-0.15, -0.1) is 15.3 Å². The molecule has 0 saturated carbocycles. The monoisotopic (exact) mass is 1040 g/mol. The molecule has 0 aliphatic carbocycles. The molecule has 73 heavy (non-hydrogen) atoms. The van der Waals surface area contributed by atoms with E-state index in [-0.39, 0.29) is 25.7 Å². The zero-order chi connectivity index (χ0) is 52.8. The third-order valence-corrected chi connectivity index (χ3v) is 12.4. The maximum Gasteiger partial charge on any atom is 0.217 e. The number of carbonyl (C=O) groups excluding carboxylic acids is 3. The maximum absolute atomic E-state index is 11.8. The molecule has 3 saturated heterocycles. The first kappa shape index (κ1) is 57.5. The first-order valence-electron chi connectivity index (χ1n) is 24.2. The highest BCUT2D eigenvalue weighted by molar-refractivity contribution is 5.74. The van der Waals surface area contributed by atoms with Gasteiger partial charge in [-0.1, -0.05) is 15.6 Å². The molecule has 15 atom stereocenters. The highest BCUT2D eigenvalue weighted by atomic mass is 16.7. The Morgan fingerprint density at radius 1 is 0.507 bits per heavy atom. The Kier molecular flexibility index (Phi) is 21.8. The summed E-state index contributed by atoms with van der Waals surface area (Å²) in [5.41, 5.74) is 1.93. The molecule has 6 heterocycles.